The summed E-state index contributed by atoms with van der Waals surface area (Å²) in [6, 6.07) is 0.360. The van der Waals surface area contributed by atoms with Crippen molar-refractivity contribution in [2.45, 2.75) is 46.1 Å². The van der Waals surface area contributed by atoms with Gasteiger partial charge in [0.25, 0.3) is 0 Å². The highest BCUT2D eigenvalue weighted by molar-refractivity contribution is 14.0. The molecule has 0 aromatic carbocycles. The summed E-state index contributed by atoms with van der Waals surface area (Å²) in [6.07, 6.45) is 2.91. The number of hydrogen-bond acceptors (Lipinski definition) is 4. The van der Waals surface area contributed by atoms with Crippen molar-refractivity contribution >= 4 is 36.0 Å². The van der Waals surface area contributed by atoms with Crippen LogP contribution in [0.25, 0.3) is 0 Å². The summed E-state index contributed by atoms with van der Waals surface area (Å²) in [6.45, 7) is 13.3. The lowest BCUT2D eigenvalue weighted by atomic mass is 10.1. The summed E-state index contributed by atoms with van der Waals surface area (Å²) < 4.78 is 5.08. The highest BCUT2D eigenvalue weighted by Crippen LogP contribution is 2.16. The molecule has 1 amide bonds. The lowest BCUT2D eigenvalue weighted by molar-refractivity contribution is 0.0963. The molecule has 0 aliphatic carbocycles. The maximum Gasteiger partial charge on any atom is 0.409 e. The molecule has 2 aliphatic rings. The molecule has 0 saturated carbocycles. The van der Waals surface area contributed by atoms with Crippen LogP contribution in [0.15, 0.2) is 4.99 Å². The van der Waals surface area contributed by atoms with Crippen molar-refractivity contribution in [2.24, 2.45) is 10.9 Å². The fourth-order valence-electron chi connectivity index (χ4n) is 3.50. The van der Waals surface area contributed by atoms with Gasteiger partial charge in [0, 0.05) is 38.8 Å². The van der Waals surface area contributed by atoms with Crippen LogP contribution < -0.4 is 10.6 Å². The number of nitrogens with zero attached hydrogens (tertiary/aromatic N) is 3. The number of likely N-dealkylation sites (tertiary alicyclic amines) is 2. The van der Waals surface area contributed by atoms with Gasteiger partial charge in [-0.1, -0.05) is 6.92 Å². The van der Waals surface area contributed by atoms with E-state index >= 15 is 0 Å². The molecule has 0 bridgehead atoms. The van der Waals surface area contributed by atoms with Gasteiger partial charge in [0.2, 0.25) is 0 Å². The summed E-state index contributed by atoms with van der Waals surface area (Å²) >= 11 is 0. The predicted octanol–water partition coefficient (Wildman–Crippen LogP) is 2.12. The van der Waals surface area contributed by atoms with E-state index < -0.39 is 0 Å². The van der Waals surface area contributed by atoms with E-state index in [0.29, 0.717) is 18.6 Å². The van der Waals surface area contributed by atoms with E-state index in [1.165, 1.54) is 13.0 Å². The number of guanidine groups is 1. The Labute approximate surface area is 175 Å². The molecular formula is C18H36IN5O2. The van der Waals surface area contributed by atoms with Gasteiger partial charge < -0.3 is 25.2 Å². The largest absolute Gasteiger partial charge is 0.450 e. The lowest BCUT2D eigenvalue weighted by Crippen LogP contribution is -2.50. The van der Waals surface area contributed by atoms with Crippen LogP contribution in [0.5, 0.6) is 0 Å². The molecule has 0 aromatic heterocycles. The van der Waals surface area contributed by atoms with E-state index in [-0.39, 0.29) is 30.1 Å². The third-order valence-electron chi connectivity index (χ3n) is 5.03. The molecule has 0 spiro atoms. The van der Waals surface area contributed by atoms with E-state index in [1.54, 1.807) is 4.90 Å². The maximum absolute atomic E-state index is 11.8. The first-order valence-electron chi connectivity index (χ1n) is 9.85. The third-order valence-corrected chi connectivity index (χ3v) is 5.03. The Morgan fingerprint density at radius 2 is 1.88 bits per heavy atom. The zero-order chi connectivity index (χ0) is 18.1. The highest BCUT2D eigenvalue weighted by Gasteiger charge is 2.24. The van der Waals surface area contributed by atoms with Crippen molar-refractivity contribution in [2.75, 3.05) is 52.4 Å². The van der Waals surface area contributed by atoms with Gasteiger partial charge in [0.15, 0.2) is 5.96 Å². The van der Waals surface area contributed by atoms with E-state index in [0.717, 1.165) is 58.1 Å². The number of nitrogens with one attached hydrogen (secondary N) is 2. The normalized spacial score (nSPS) is 22.0. The first kappa shape index (κ1) is 23.3. The molecule has 7 nitrogen and oxygen atoms in total. The smallest absolute Gasteiger partial charge is 0.409 e. The number of halogens is 1. The molecule has 8 heteroatoms. The fraction of sp³-hybridized carbons (Fsp3) is 0.889. The first-order valence-corrected chi connectivity index (χ1v) is 9.85. The van der Waals surface area contributed by atoms with Crippen LogP contribution in [0.4, 0.5) is 4.79 Å². The average Bonchev–Trinajstić information content (AvgIpc) is 3.09. The number of amides is 1. The molecule has 0 radical (unpaired) electrons. The molecule has 1 atom stereocenters. The Morgan fingerprint density at radius 1 is 1.15 bits per heavy atom. The minimum Gasteiger partial charge on any atom is -0.450 e. The Hall–Kier alpha value is -0.770. The Bertz CT molecular complexity index is 441. The molecule has 2 heterocycles. The number of carbonyl (C=O) groups excluding carboxylic acids is 1. The van der Waals surface area contributed by atoms with E-state index in [4.69, 9.17) is 9.73 Å². The summed E-state index contributed by atoms with van der Waals surface area (Å²) in [5.74, 6) is 1.58. The topological polar surface area (TPSA) is 69.2 Å². The summed E-state index contributed by atoms with van der Waals surface area (Å²) in [5, 5.41) is 6.90. The monoisotopic (exact) mass is 481 g/mol. The van der Waals surface area contributed by atoms with Crippen LogP contribution in [0.2, 0.25) is 0 Å². The lowest BCUT2D eigenvalue weighted by Gasteiger charge is -2.32. The van der Waals surface area contributed by atoms with Crippen LogP contribution in [0.1, 0.15) is 40.0 Å². The molecule has 152 valence electrons. The van der Waals surface area contributed by atoms with Gasteiger partial charge in [0.05, 0.1) is 6.61 Å². The molecule has 2 N–H and O–H groups in total. The van der Waals surface area contributed by atoms with E-state index in [2.05, 4.69) is 29.4 Å². The zero-order valence-corrected chi connectivity index (χ0v) is 18.8. The van der Waals surface area contributed by atoms with Gasteiger partial charge in [-0.05, 0) is 52.1 Å². The average molecular weight is 481 g/mol. The summed E-state index contributed by atoms with van der Waals surface area (Å²) in [5.41, 5.74) is 0. The second kappa shape index (κ2) is 12.6. The highest BCUT2D eigenvalue weighted by atomic mass is 127. The van der Waals surface area contributed by atoms with Crippen LogP contribution in [0, 0.1) is 5.92 Å². The first-order chi connectivity index (χ1) is 12.2. The second-order valence-corrected chi connectivity index (χ2v) is 6.87. The number of aliphatic imine (C=N–C) groups is 1. The molecule has 2 aliphatic heterocycles. The molecule has 2 fully saturated rings. The maximum atomic E-state index is 11.8. The minimum absolute atomic E-state index is 0. The summed E-state index contributed by atoms with van der Waals surface area (Å²) in [4.78, 5) is 20.9. The third kappa shape index (κ3) is 7.46. The van der Waals surface area contributed by atoms with Crippen molar-refractivity contribution in [3.63, 3.8) is 0 Å². The quantitative estimate of drug-likeness (QED) is 0.346. The van der Waals surface area contributed by atoms with Crippen molar-refractivity contribution in [3.8, 4) is 0 Å². The van der Waals surface area contributed by atoms with Gasteiger partial charge in [-0.15, -0.1) is 24.0 Å². The van der Waals surface area contributed by atoms with E-state index in [1.807, 2.05) is 6.92 Å². The van der Waals surface area contributed by atoms with Crippen molar-refractivity contribution in [1.29, 1.82) is 0 Å². The molecule has 1 unspecified atom stereocenters. The summed E-state index contributed by atoms with van der Waals surface area (Å²) in [7, 11) is 0. The zero-order valence-electron chi connectivity index (χ0n) is 16.5. The molecule has 2 saturated heterocycles. The van der Waals surface area contributed by atoms with Crippen LogP contribution in [-0.2, 0) is 4.74 Å². The number of hydrogen-bond donors (Lipinski definition) is 2. The van der Waals surface area contributed by atoms with Crippen molar-refractivity contribution in [3.05, 3.63) is 0 Å². The molecular weight excluding hydrogens is 445 g/mol. The van der Waals surface area contributed by atoms with Crippen molar-refractivity contribution < 1.29 is 9.53 Å². The second-order valence-electron chi connectivity index (χ2n) is 6.87. The Kier molecular flexibility index (Phi) is 11.3. The van der Waals surface area contributed by atoms with Gasteiger partial charge in [-0.25, -0.2) is 4.79 Å². The standard InChI is InChI=1S/C18H35N5O2.HI/c1-4-19-17(20-13-15-7-10-22(5-2)14-15)21-16-8-11-23(12-9-16)18(24)25-6-3;/h15-16H,4-14H2,1-3H3,(H2,19,20,21);1H. The minimum atomic E-state index is -0.191. The van der Waals surface area contributed by atoms with Crippen LogP contribution >= 0.6 is 24.0 Å². The van der Waals surface area contributed by atoms with Gasteiger partial charge in [-0.2, -0.15) is 0 Å². The van der Waals surface area contributed by atoms with Gasteiger partial charge in [-0.3, -0.25) is 4.99 Å². The molecule has 2 rings (SSSR count). The van der Waals surface area contributed by atoms with Gasteiger partial charge >= 0.3 is 6.09 Å². The van der Waals surface area contributed by atoms with Crippen LogP contribution in [0.3, 0.4) is 0 Å². The number of ether oxygens (including phenoxy) is 1. The fourth-order valence-corrected chi connectivity index (χ4v) is 3.50. The molecule has 0 aromatic rings. The number of carbonyl (C=O) groups is 1. The Balaban J connectivity index is 0.00000338. The van der Waals surface area contributed by atoms with Crippen LogP contribution in [-0.4, -0.2) is 80.3 Å². The van der Waals surface area contributed by atoms with E-state index in [9.17, 15) is 4.79 Å². The van der Waals surface area contributed by atoms with Crippen molar-refractivity contribution in [1.82, 2.24) is 20.4 Å². The molecule has 26 heavy (non-hydrogen) atoms. The number of piperidine rings is 1. The Morgan fingerprint density at radius 3 is 2.46 bits per heavy atom. The van der Waals surface area contributed by atoms with Gasteiger partial charge in [0.1, 0.15) is 0 Å². The predicted molar refractivity (Wildman–Crippen MR) is 116 cm³/mol. The SMILES string of the molecule is CCNC(=NCC1CCN(CC)C1)NC1CCN(C(=O)OCC)CC1.I. The number of rotatable bonds is 6.